The topological polar surface area (TPSA) is 55.1 Å². The highest BCUT2D eigenvalue weighted by molar-refractivity contribution is 5.93. The summed E-state index contributed by atoms with van der Waals surface area (Å²) < 4.78 is 38.1. The van der Waals surface area contributed by atoms with Gasteiger partial charge in [-0.05, 0) is 31.0 Å². The van der Waals surface area contributed by atoms with E-state index in [0.29, 0.717) is 5.69 Å². The third-order valence-corrected chi connectivity index (χ3v) is 3.23. The summed E-state index contributed by atoms with van der Waals surface area (Å²) in [5.74, 6) is -0.601. The molecule has 18 heavy (non-hydrogen) atoms. The summed E-state index contributed by atoms with van der Waals surface area (Å²) in [7, 11) is 0. The van der Waals surface area contributed by atoms with Crippen molar-refractivity contribution in [1.29, 1.82) is 0 Å². The normalized spacial score (nSPS) is 17.3. The molecule has 0 aromatic heterocycles. The number of carbonyl (C=O) groups excluding carboxylic acids is 1. The van der Waals surface area contributed by atoms with Gasteiger partial charge in [0.25, 0.3) is 0 Å². The Morgan fingerprint density at radius 2 is 2.06 bits per heavy atom. The molecule has 0 saturated heterocycles. The van der Waals surface area contributed by atoms with Gasteiger partial charge in [-0.15, -0.1) is 0 Å². The van der Waals surface area contributed by atoms with Crippen molar-refractivity contribution in [2.45, 2.75) is 19.0 Å². The molecule has 1 aromatic carbocycles. The van der Waals surface area contributed by atoms with Gasteiger partial charge in [0.2, 0.25) is 5.91 Å². The minimum atomic E-state index is -4.18. The Hall–Kier alpha value is -1.72. The molecule has 0 heterocycles. The number of anilines is 1. The van der Waals surface area contributed by atoms with Crippen molar-refractivity contribution in [1.82, 2.24) is 0 Å². The zero-order chi connectivity index (χ0) is 13.4. The second-order valence-corrected chi connectivity index (χ2v) is 4.58. The zero-order valence-corrected chi connectivity index (χ0v) is 9.55. The van der Waals surface area contributed by atoms with Crippen LogP contribution in [0.15, 0.2) is 24.3 Å². The number of amides is 1. The standard InChI is InChI=1S/C12H13F3N2O/c13-12(14,15)11(4-5-11)7-17-9-3-1-2-8(6-9)10(16)18/h1-3,6,17H,4-5,7H2,(H2,16,18). The van der Waals surface area contributed by atoms with E-state index in [4.69, 9.17) is 5.73 Å². The third-order valence-electron chi connectivity index (χ3n) is 3.23. The van der Waals surface area contributed by atoms with Gasteiger partial charge in [0, 0.05) is 17.8 Å². The highest BCUT2D eigenvalue weighted by atomic mass is 19.4. The first kappa shape index (κ1) is 12.7. The predicted molar refractivity (Wildman–Crippen MR) is 61.2 cm³/mol. The highest BCUT2D eigenvalue weighted by Crippen LogP contribution is 2.57. The van der Waals surface area contributed by atoms with Gasteiger partial charge in [0.1, 0.15) is 0 Å². The predicted octanol–water partition coefficient (Wildman–Crippen LogP) is 2.54. The van der Waals surface area contributed by atoms with Gasteiger partial charge in [0.15, 0.2) is 0 Å². The van der Waals surface area contributed by atoms with Crippen molar-refractivity contribution in [2.24, 2.45) is 11.1 Å². The molecule has 1 amide bonds. The number of rotatable bonds is 4. The fourth-order valence-electron chi connectivity index (χ4n) is 1.77. The molecule has 1 fully saturated rings. The lowest BCUT2D eigenvalue weighted by Crippen LogP contribution is -2.31. The van der Waals surface area contributed by atoms with Crippen LogP contribution in [0.2, 0.25) is 0 Å². The van der Waals surface area contributed by atoms with Crippen molar-refractivity contribution in [3.8, 4) is 0 Å². The molecule has 3 N–H and O–H groups in total. The molecule has 0 spiro atoms. The molecule has 6 heteroatoms. The van der Waals surface area contributed by atoms with Gasteiger partial charge in [-0.1, -0.05) is 6.07 Å². The van der Waals surface area contributed by atoms with Crippen LogP contribution in [0.3, 0.4) is 0 Å². The molecular weight excluding hydrogens is 245 g/mol. The molecule has 1 aliphatic rings. The lowest BCUT2D eigenvalue weighted by molar-refractivity contribution is -0.182. The average Bonchev–Trinajstić information content (AvgIpc) is 3.07. The second kappa shape index (κ2) is 4.19. The second-order valence-electron chi connectivity index (χ2n) is 4.58. The quantitative estimate of drug-likeness (QED) is 0.872. The van der Waals surface area contributed by atoms with Crippen LogP contribution in [-0.4, -0.2) is 18.6 Å². The first-order valence-electron chi connectivity index (χ1n) is 5.55. The molecule has 1 saturated carbocycles. The van der Waals surface area contributed by atoms with E-state index in [1.54, 1.807) is 12.1 Å². The van der Waals surface area contributed by atoms with Crippen molar-refractivity contribution in [2.75, 3.05) is 11.9 Å². The van der Waals surface area contributed by atoms with E-state index < -0.39 is 17.5 Å². The van der Waals surface area contributed by atoms with Gasteiger partial charge in [-0.25, -0.2) is 0 Å². The van der Waals surface area contributed by atoms with Crippen LogP contribution in [0, 0.1) is 5.41 Å². The Morgan fingerprint density at radius 3 is 2.56 bits per heavy atom. The number of alkyl halides is 3. The highest BCUT2D eigenvalue weighted by Gasteiger charge is 2.62. The molecular formula is C12H13F3N2O. The Balaban J connectivity index is 2.03. The number of benzene rings is 1. The molecule has 0 aliphatic heterocycles. The van der Waals surface area contributed by atoms with Crippen molar-refractivity contribution in [3.05, 3.63) is 29.8 Å². The molecule has 3 nitrogen and oxygen atoms in total. The van der Waals surface area contributed by atoms with Crippen LogP contribution in [0.25, 0.3) is 0 Å². The third kappa shape index (κ3) is 2.42. The van der Waals surface area contributed by atoms with Crippen LogP contribution in [-0.2, 0) is 0 Å². The number of nitrogens with two attached hydrogens (primary N) is 1. The maximum absolute atomic E-state index is 12.7. The molecule has 0 bridgehead atoms. The van der Waals surface area contributed by atoms with Crippen LogP contribution in [0.5, 0.6) is 0 Å². The Morgan fingerprint density at radius 1 is 1.39 bits per heavy atom. The van der Waals surface area contributed by atoms with E-state index in [0.717, 1.165) is 0 Å². The van der Waals surface area contributed by atoms with E-state index in [9.17, 15) is 18.0 Å². The van der Waals surface area contributed by atoms with Crippen LogP contribution >= 0.6 is 0 Å². The number of carbonyl (C=O) groups is 1. The van der Waals surface area contributed by atoms with Gasteiger partial charge in [0.05, 0.1) is 5.41 Å². The van der Waals surface area contributed by atoms with Gasteiger partial charge in [-0.2, -0.15) is 13.2 Å². The minimum Gasteiger partial charge on any atom is -0.384 e. The first-order valence-corrected chi connectivity index (χ1v) is 5.55. The fraction of sp³-hybridized carbons (Fsp3) is 0.417. The molecule has 0 radical (unpaired) electrons. The smallest absolute Gasteiger partial charge is 0.384 e. The summed E-state index contributed by atoms with van der Waals surface area (Å²) in [6.45, 7) is -0.168. The summed E-state index contributed by atoms with van der Waals surface area (Å²) in [4.78, 5) is 10.9. The van der Waals surface area contributed by atoms with E-state index in [1.165, 1.54) is 12.1 Å². The lowest BCUT2D eigenvalue weighted by Gasteiger charge is -2.20. The van der Waals surface area contributed by atoms with Crippen molar-refractivity contribution < 1.29 is 18.0 Å². The largest absolute Gasteiger partial charge is 0.396 e. The van der Waals surface area contributed by atoms with Crippen molar-refractivity contribution in [3.63, 3.8) is 0 Å². The van der Waals surface area contributed by atoms with Crippen LogP contribution < -0.4 is 11.1 Å². The van der Waals surface area contributed by atoms with Gasteiger partial charge in [-0.3, -0.25) is 4.79 Å². The molecule has 2 rings (SSSR count). The van der Waals surface area contributed by atoms with Crippen LogP contribution in [0.4, 0.5) is 18.9 Å². The molecule has 1 aliphatic carbocycles. The SMILES string of the molecule is NC(=O)c1cccc(NCC2(C(F)(F)F)CC2)c1. The number of hydrogen-bond donors (Lipinski definition) is 2. The maximum atomic E-state index is 12.7. The summed E-state index contributed by atoms with van der Waals surface area (Å²) in [5.41, 5.74) is 4.25. The maximum Gasteiger partial charge on any atom is 0.396 e. The van der Waals surface area contributed by atoms with Gasteiger partial charge < -0.3 is 11.1 Å². The Kier molecular flexibility index (Phi) is 2.96. The average molecular weight is 258 g/mol. The van der Waals surface area contributed by atoms with Gasteiger partial charge >= 0.3 is 6.18 Å². The fourth-order valence-corrected chi connectivity index (χ4v) is 1.77. The summed E-state index contributed by atoms with van der Waals surface area (Å²) in [5, 5.41) is 2.72. The molecule has 0 atom stereocenters. The lowest BCUT2D eigenvalue weighted by atomic mass is 10.1. The number of nitrogens with one attached hydrogen (secondary N) is 1. The zero-order valence-electron chi connectivity index (χ0n) is 9.55. The minimum absolute atomic E-state index is 0.152. The summed E-state index contributed by atoms with van der Waals surface area (Å²) >= 11 is 0. The molecule has 1 aromatic rings. The number of primary amides is 1. The molecule has 0 unspecified atom stereocenters. The van der Waals surface area contributed by atoms with E-state index in [1.807, 2.05) is 0 Å². The monoisotopic (exact) mass is 258 g/mol. The Bertz CT molecular complexity index is 467. The first-order chi connectivity index (χ1) is 8.34. The summed E-state index contributed by atoms with van der Waals surface area (Å²) in [6.07, 6.45) is -3.88. The number of hydrogen-bond acceptors (Lipinski definition) is 2. The van der Waals surface area contributed by atoms with Crippen molar-refractivity contribution >= 4 is 11.6 Å². The summed E-state index contributed by atoms with van der Waals surface area (Å²) in [6, 6.07) is 6.16. The van der Waals surface area contributed by atoms with E-state index in [-0.39, 0.29) is 24.9 Å². The van der Waals surface area contributed by atoms with Crippen LogP contribution in [0.1, 0.15) is 23.2 Å². The molecule has 98 valence electrons. The van der Waals surface area contributed by atoms with E-state index in [2.05, 4.69) is 5.32 Å². The Labute approximate surface area is 102 Å². The number of halogens is 3. The van der Waals surface area contributed by atoms with E-state index >= 15 is 0 Å².